The van der Waals surface area contributed by atoms with Gasteiger partial charge in [0.05, 0.1) is 0 Å². The maximum Gasteiger partial charge on any atom is 0.150 e. The number of carbonyl (C=O) groups excluding carboxylic acids is 1. The third-order valence-electron chi connectivity index (χ3n) is 3.42. The number of hydrogen-bond acceptors (Lipinski definition) is 4. The summed E-state index contributed by atoms with van der Waals surface area (Å²) in [5, 5.41) is 14.2. The summed E-state index contributed by atoms with van der Waals surface area (Å²) in [4.78, 5) is 21.9. The van der Waals surface area contributed by atoms with E-state index in [9.17, 15) is 14.8 Å². The van der Waals surface area contributed by atoms with Crippen molar-refractivity contribution in [1.82, 2.24) is 0 Å². The molecular weight excluding hydrogens is 266 g/mol. The molecule has 1 N–H and O–H groups in total. The SMILES string of the molecule is O=Cc1cc(N=O)ccc1-c1cccc2cc(O)ccc12. The van der Waals surface area contributed by atoms with Crippen LogP contribution < -0.4 is 0 Å². The third kappa shape index (κ3) is 2.27. The molecule has 0 saturated carbocycles. The minimum Gasteiger partial charge on any atom is -0.508 e. The van der Waals surface area contributed by atoms with Crippen molar-refractivity contribution >= 4 is 22.7 Å². The van der Waals surface area contributed by atoms with Crippen molar-refractivity contribution in [3.63, 3.8) is 0 Å². The Hall–Kier alpha value is -3.01. The molecule has 0 saturated heterocycles. The van der Waals surface area contributed by atoms with E-state index in [1.807, 2.05) is 18.2 Å². The van der Waals surface area contributed by atoms with Gasteiger partial charge in [-0.25, -0.2) is 0 Å². The Morgan fingerprint density at radius 3 is 2.57 bits per heavy atom. The van der Waals surface area contributed by atoms with Crippen molar-refractivity contribution in [3.8, 4) is 16.9 Å². The first-order chi connectivity index (χ1) is 10.2. The van der Waals surface area contributed by atoms with Gasteiger partial charge < -0.3 is 5.11 Å². The summed E-state index contributed by atoms with van der Waals surface area (Å²) >= 11 is 0. The minimum atomic E-state index is 0.191. The second-order valence-corrected chi connectivity index (χ2v) is 4.69. The molecular formula is C17H11NO3. The van der Waals surface area contributed by atoms with E-state index in [1.54, 1.807) is 30.3 Å². The molecule has 0 heterocycles. The highest BCUT2D eigenvalue weighted by molar-refractivity contribution is 6.01. The second kappa shape index (κ2) is 5.17. The fourth-order valence-corrected chi connectivity index (χ4v) is 2.46. The second-order valence-electron chi connectivity index (χ2n) is 4.69. The summed E-state index contributed by atoms with van der Waals surface area (Å²) in [6.07, 6.45) is 0.712. The Bertz CT molecular complexity index is 856. The van der Waals surface area contributed by atoms with E-state index >= 15 is 0 Å². The highest BCUT2D eigenvalue weighted by atomic mass is 16.3. The lowest BCUT2D eigenvalue weighted by atomic mass is 9.94. The zero-order chi connectivity index (χ0) is 14.8. The van der Waals surface area contributed by atoms with E-state index in [2.05, 4.69) is 5.18 Å². The first-order valence-electron chi connectivity index (χ1n) is 6.37. The van der Waals surface area contributed by atoms with Crippen molar-refractivity contribution in [2.75, 3.05) is 0 Å². The van der Waals surface area contributed by atoms with Crippen LogP contribution in [0.15, 0.2) is 59.8 Å². The Morgan fingerprint density at radius 1 is 0.952 bits per heavy atom. The van der Waals surface area contributed by atoms with Crippen LogP contribution in [0.4, 0.5) is 5.69 Å². The zero-order valence-corrected chi connectivity index (χ0v) is 11.0. The number of hydrogen-bond donors (Lipinski definition) is 1. The van der Waals surface area contributed by atoms with Crippen LogP contribution in [0, 0.1) is 4.91 Å². The van der Waals surface area contributed by atoms with Crippen LogP contribution in [0.2, 0.25) is 0 Å². The third-order valence-corrected chi connectivity index (χ3v) is 3.42. The summed E-state index contributed by atoms with van der Waals surface area (Å²) in [5.41, 5.74) is 2.23. The minimum absolute atomic E-state index is 0.191. The molecule has 3 aromatic carbocycles. The predicted octanol–water partition coefficient (Wildman–Crippen LogP) is 4.42. The molecule has 102 valence electrons. The number of nitroso groups, excluding NO2 is 1. The molecule has 0 spiro atoms. The Labute approximate surface area is 120 Å². The Balaban J connectivity index is 2.30. The van der Waals surface area contributed by atoms with E-state index in [1.165, 1.54) is 6.07 Å². The van der Waals surface area contributed by atoms with Crippen molar-refractivity contribution in [2.45, 2.75) is 0 Å². The smallest absolute Gasteiger partial charge is 0.150 e. The molecule has 21 heavy (non-hydrogen) atoms. The summed E-state index contributed by atoms with van der Waals surface area (Å²) in [5.74, 6) is 0.191. The van der Waals surface area contributed by atoms with E-state index < -0.39 is 0 Å². The number of benzene rings is 3. The maximum atomic E-state index is 11.3. The van der Waals surface area contributed by atoms with E-state index in [0.717, 1.165) is 21.9 Å². The number of phenols is 1. The van der Waals surface area contributed by atoms with Gasteiger partial charge in [-0.15, -0.1) is 4.91 Å². The molecule has 3 rings (SSSR count). The van der Waals surface area contributed by atoms with E-state index in [0.29, 0.717) is 11.8 Å². The van der Waals surface area contributed by atoms with Gasteiger partial charge >= 0.3 is 0 Å². The van der Waals surface area contributed by atoms with Gasteiger partial charge in [0.25, 0.3) is 0 Å². The molecule has 0 amide bonds. The lowest BCUT2D eigenvalue weighted by molar-refractivity contribution is 0.112. The standard InChI is InChI=1S/C17H11NO3/c19-10-12-8-13(18-21)4-6-16(12)17-3-1-2-11-9-14(20)5-7-15(11)17/h1-10,20H. The first-order valence-corrected chi connectivity index (χ1v) is 6.37. The van der Waals surface area contributed by atoms with Crippen molar-refractivity contribution in [1.29, 1.82) is 0 Å². The Kier molecular flexibility index (Phi) is 3.20. The molecule has 0 unspecified atom stereocenters. The van der Waals surface area contributed by atoms with Gasteiger partial charge in [-0.05, 0) is 51.3 Å². The van der Waals surface area contributed by atoms with Gasteiger partial charge in [0.2, 0.25) is 0 Å². The predicted molar refractivity (Wildman–Crippen MR) is 81.9 cm³/mol. The van der Waals surface area contributed by atoms with Gasteiger partial charge in [0.15, 0.2) is 6.29 Å². The molecule has 0 aliphatic heterocycles. The van der Waals surface area contributed by atoms with Crippen molar-refractivity contribution < 1.29 is 9.90 Å². The van der Waals surface area contributed by atoms with Gasteiger partial charge in [-0.3, -0.25) is 4.79 Å². The normalized spacial score (nSPS) is 10.5. The molecule has 4 nitrogen and oxygen atoms in total. The summed E-state index contributed by atoms with van der Waals surface area (Å²) in [7, 11) is 0. The average molecular weight is 277 g/mol. The molecule has 4 heteroatoms. The monoisotopic (exact) mass is 277 g/mol. The molecule has 0 aliphatic carbocycles. The van der Waals surface area contributed by atoms with Gasteiger partial charge in [0.1, 0.15) is 11.4 Å². The maximum absolute atomic E-state index is 11.3. The number of aromatic hydroxyl groups is 1. The fourth-order valence-electron chi connectivity index (χ4n) is 2.46. The zero-order valence-electron chi connectivity index (χ0n) is 11.0. The first kappa shape index (κ1) is 13.0. The summed E-state index contributed by atoms with van der Waals surface area (Å²) in [6.45, 7) is 0. The number of carbonyl (C=O) groups is 1. The number of fused-ring (bicyclic) bond motifs is 1. The lowest BCUT2D eigenvalue weighted by Gasteiger charge is -2.09. The molecule has 0 aromatic heterocycles. The molecule has 0 atom stereocenters. The topological polar surface area (TPSA) is 66.7 Å². The van der Waals surface area contributed by atoms with Crippen LogP contribution in [0.1, 0.15) is 10.4 Å². The van der Waals surface area contributed by atoms with Crippen LogP contribution in [0.5, 0.6) is 5.75 Å². The molecule has 0 aliphatic rings. The van der Waals surface area contributed by atoms with E-state index in [4.69, 9.17) is 0 Å². The fraction of sp³-hybridized carbons (Fsp3) is 0. The highest BCUT2D eigenvalue weighted by Crippen LogP contribution is 2.33. The van der Waals surface area contributed by atoms with Crippen LogP contribution >= 0.6 is 0 Å². The molecule has 0 radical (unpaired) electrons. The van der Waals surface area contributed by atoms with Crippen LogP contribution in [0.25, 0.3) is 21.9 Å². The Morgan fingerprint density at radius 2 is 1.81 bits per heavy atom. The van der Waals surface area contributed by atoms with Crippen molar-refractivity contribution in [3.05, 3.63) is 65.1 Å². The number of rotatable bonds is 3. The number of nitrogens with zero attached hydrogens (tertiary/aromatic N) is 1. The quantitative estimate of drug-likeness (QED) is 0.569. The lowest BCUT2D eigenvalue weighted by Crippen LogP contribution is -1.88. The highest BCUT2D eigenvalue weighted by Gasteiger charge is 2.10. The van der Waals surface area contributed by atoms with Crippen molar-refractivity contribution in [2.24, 2.45) is 5.18 Å². The summed E-state index contributed by atoms with van der Waals surface area (Å²) < 4.78 is 0. The van der Waals surface area contributed by atoms with Gasteiger partial charge in [-0.1, -0.05) is 30.3 Å². The largest absolute Gasteiger partial charge is 0.508 e. The van der Waals surface area contributed by atoms with Gasteiger partial charge in [-0.2, -0.15) is 0 Å². The molecule has 0 fully saturated rings. The van der Waals surface area contributed by atoms with Gasteiger partial charge in [0, 0.05) is 5.56 Å². The van der Waals surface area contributed by atoms with Crippen LogP contribution in [-0.4, -0.2) is 11.4 Å². The van der Waals surface area contributed by atoms with Crippen LogP contribution in [0.3, 0.4) is 0 Å². The number of phenolic OH excluding ortho intramolecular Hbond substituents is 1. The number of aldehydes is 1. The average Bonchev–Trinajstić information content (AvgIpc) is 2.53. The molecule has 0 bridgehead atoms. The summed E-state index contributed by atoms with van der Waals surface area (Å²) in [6, 6.07) is 15.5. The van der Waals surface area contributed by atoms with Crippen LogP contribution in [-0.2, 0) is 0 Å². The molecule has 3 aromatic rings. The van der Waals surface area contributed by atoms with E-state index in [-0.39, 0.29) is 11.4 Å².